The SMILES string of the molecule is CO[C@H]1C[C@@H](N(C)c2ccc3c(=O)c4ccc(C)c(N(C)C)c4n(CC(=O)O)c3n2)C1. The number of ether oxygens (including phenoxy) is 1. The van der Waals surface area contributed by atoms with E-state index in [2.05, 4.69) is 4.90 Å². The number of carbonyl (C=O) groups is 1. The summed E-state index contributed by atoms with van der Waals surface area (Å²) in [5.41, 5.74) is 2.63. The van der Waals surface area contributed by atoms with Gasteiger partial charge in [0.05, 0.1) is 22.7 Å². The molecule has 1 aliphatic rings. The van der Waals surface area contributed by atoms with Crippen molar-refractivity contribution in [2.24, 2.45) is 0 Å². The first-order valence-corrected chi connectivity index (χ1v) is 10.3. The van der Waals surface area contributed by atoms with Gasteiger partial charge in [-0.1, -0.05) is 6.07 Å². The summed E-state index contributed by atoms with van der Waals surface area (Å²) < 4.78 is 7.04. The van der Waals surface area contributed by atoms with Gasteiger partial charge in [0.25, 0.3) is 0 Å². The van der Waals surface area contributed by atoms with Gasteiger partial charge in [0.15, 0.2) is 5.43 Å². The maximum Gasteiger partial charge on any atom is 0.323 e. The number of hydrogen-bond donors (Lipinski definition) is 1. The molecule has 1 fully saturated rings. The summed E-state index contributed by atoms with van der Waals surface area (Å²) in [7, 11) is 7.47. The second-order valence-electron chi connectivity index (χ2n) is 8.47. The van der Waals surface area contributed by atoms with Crippen molar-refractivity contribution < 1.29 is 14.6 Å². The standard InChI is InChI=1S/C23H28N4O4/c1-13-6-7-16-21(20(13)25(2)3)27(12-19(28)29)23-17(22(16)30)8-9-18(24-23)26(4)14-10-15(11-14)31-5/h6-9,14-15H,10-12H2,1-5H3,(H,28,29)/t14-,15+. The van der Waals surface area contributed by atoms with Gasteiger partial charge in [-0.2, -0.15) is 0 Å². The number of aliphatic carboxylic acids is 1. The fourth-order valence-corrected chi connectivity index (χ4v) is 4.49. The van der Waals surface area contributed by atoms with Crippen molar-refractivity contribution in [3.63, 3.8) is 0 Å². The van der Waals surface area contributed by atoms with Crippen molar-refractivity contribution in [3.8, 4) is 0 Å². The number of benzene rings is 1. The van der Waals surface area contributed by atoms with Gasteiger partial charge in [0.1, 0.15) is 18.0 Å². The monoisotopic (exact) mass is 424 g/mol. The Morgan fingerprint density at radius 3 is 2.48 bits per heavy atom. The number of aryl methyl sites for hydroxylation is 1. The van der Waals surface area contributed by atoms with Crippen LogP contribution in [0, 0.1) is 6.92 Å². The Bertz CT molecular complexity index is 1230. The van der Waals surface area contributed by atoms with Crippen LogP contribution >= 0.6 is 0 Å². The van der Waals surface area contributed by atoms with E-state index in [-0.39, 0.29) is 18.1 Å². The minimum absolute atomic E-state index is 0.139. The summed E-state index contributed by atoms with van der Waals surface area (Å²) in [6, 6.07) is 7.57. The van der Waals surface area contributed by atoms with Crippen molar-refractivity contribution in [1.82, 2.24) is 9.55 Å². The first-order chi connectivity index (χ1) is 14.7. The van der Waals surface area contributed by atoms with Crippen molar-refractivity contribution >= 4 is 39.4 Å². The molecule has 8 nitrogen and oxygen atoms in total. The molecule has 0 aliphatic heterocycles. The second-order valence-corrected chi connectivity index (χ2v) is 8.47. The molecule has 0 saturated heterocycles. The molecule has 3 aromatic rings. The smallest absolute Gasteiger partial charge is 0.323 e. The van der Waals surface area contributed by atoms with Crippen molar-refractivity contribution in [1.29, 1.82) is 0 Å². The number of hydrogen-bond acceptors (Lipinski definition) is 6. The van der Waals surface area contributed by atoms with Gasteiger partial charge >= 0.3 is 5.97 Å². The molecule has 0 bridgehead atoms. The number of nitrogens with zero attached hydrogens (tertiary/aromatic N) is 4. The van der Waals surface area contributed by atoms with Gasteiger partial charge in [0, 0.05) is 39.7 Å². The Hall–Kier alpha value is -3.13. The van der Waals surface area contributed by atoms with Crippen LogP contribution in [0.15, 0.2) is 29.1 Å². The summed E-state index contributed by atoms with van der Waals surface area (Å²) in [6.45, 7) is 1.67. The van der Waals surface area contributed by atoms with Crippen molar-refractivity contribution in [3.05, 3.63) is 40.1 Å². The zero-order chi connectivity index (χ0) is 22.4. The van der Waals surface area contributed by atoms with Gasteiger partial charge in [-0.25, -0.2) is 4.98 Å². The average molecular weight is 425 g/mol. The van der Waals surface area contributed by atoms with Crippen molar-refractivity contribution in [2.75, 3.05) is 38.1 Å². The largest absolute Gasteiger partial charge is 0.480 e. The number of pyridine rings is 2. The number of methoxy groups -OCH3 is 1. The first kappa shape index (κ1) is 21.1. The van der Waals surface area contributed by atoms with Crippen LogP contribution in [0.3, 0.4) is 0 Å². The van der Waals surface area contributed by atoms with Crippen LogP contribution in [-0.2, 0) is 16.1 Å². The van der Waals surface area contributed by atoms with Crippen LogP contribution in [0.1, 0.15) is 18.4 Å². The summed E-state index contributed by atoms with van der Waals surface area (Å²) in [4.78, 5) is 33.9. The normalized spacial score (nSPS) is 18.2. The predicted molar refractivity (Wildman–Crippen MR) is 122 cm³/mol. The Kier molecular flexibility index (Phi) is 5.35. The Morgan fingerprint density at radius 1 is 1.19 bits per heavy atom. The first-order valence-electron chi connectivity index (χ1n) is 10.3. The lowest BCUT2D eigenvalue weighted by atomic mass is 9.88. The maximum absolute atomic E-state index is 13.3. The molecule has 1 N–H and O–H groups in total. The Morgan fingerprint density at radius 2 is 1.87 bits per heavy atom. The van der Waals surface area contributed by atoms with Crippen LogP contribution < -0.4 is 15.2 Å². The Balaban J connectivity index is 1.99. The molecule has 31 heavy (non-hydrogen) atoms. The fraction of sp³-hybridized carbons (Fsp3) is 0.435. The van der Waals surface area contributed by atoms with Crippen LogP contribution in [0.5, 0.6) is 0 Å². The topological polar surface area (TPSA) is 87.9 Å². The van der Waals surface area contributed by atoms with Crippen molar-refractivity contribution in [2.45, 2.75) is 38.5 Å². The molecule has 1 aliphatic carbocycles. The fourth-order valence-electron chi connectivity index (χ4n) is 4.49. The number of rotatable bonds is 6. The van der Waals surface area contributed by atoms with Gasteiger partial charge in [-0.3, -0.25) is 9.59 Å². The highest BCUT2D eigenvalue weighted by atomic mass is 16.5. The minimum atomic E-state index is -0.986. The average Bonchev–Trinajstić information content (AvgIpc) is 2.69. The van der Waals surface area contributed by atoms with Gasteiger partial charge in [-0.05, 0) is 43.5 Å². The van der Waals surface area contributed by atoms with E-state index in [4.69, 9.17) is 9.72 Å². The highest BCUT2D eigenvalue weighted by molar-refractivity contribution is 6.00. The lowest BCUT2D eigenvalue weighted by Crippen LogP contribution is -2.46. The molecule has 2 aromatic heterocycles. The Labute approximate surface area is 180 Å². The summed E-state index contributed by atoms with van der Waals surface area (Å²) in [5.74, 6) is -0.274. The number of carboxylic acids is 1. The summed E-state index contributed by atoms with van der Waals surface area (Å²) in [5, 5.41) is 10.6. The predicted octanol–water partition coefficient (Wildman–Crippen LogP) is 2.62. The number of aromatic nitrogens is 2. The quantitative estimate of drug-likeness (QED) is 0.609. The summed E-state index contributed by atoms with van der Waals surface area (Å²) in [6.07, 6.45) is 2.08. The molecule has 0 unspecified atom stereocenters. The summed E-state index contributed by atoms with van der Waals surface area (Å²) >= 11 is 0. The van der Waals surface area contributed by atoms with E-state index in [1.54, 1.807) is 23.8 Å². The molecule has 0 spiro atoms. The van der Waals surface area contributed by atoms with Gasteiger partial charge in [-0.15, -0.1) is 0 Å². The maximum atomic E-state index is 13.3. The molecule has 164 valence electrons. The molecule has 0 radical (unpaired) electrons. The highest BCUT2D eigenvalue weighted by Crippen LogP contribution is 2.33. The molecule has 4 rings (SSSR count). The van der Waals surface area contributed by atoms with E-state index in [0.717, 1.165) is 24.1 Å². The van der Waals surface area contributed by atoms with E-state index in [0.29, 0.717) is 33.8 Å². The van der Waals surface area contributed by atoms with Gasteiger partial charge in [0.2, 0.25) is 0 Å². The lowest BCUT2D eigenvalue weighted by molar-refractivity contribution is -0.137. The molecule has 0 atom stereocenters. The molecule has 1 saturated carbocycles. The number of anilines is 2. The van der Waals surface area contributed by atoms with Crippen LogP contribution in [-0.4, -0.2) is 61.0 Å². The second kappa shape index (κ2) is 7.85. The molecule has 1 aromatic carbocycles. The van der Waals surface area contributed by atoms with Crippen LogP contribution in [0.4, 0.5) is 11.5 Å². The lowest BCUT2D eigenvalue weighted by Gasteiger charge is -2.40. The van der Waals surface area contributed by atoms with E-state index in [1.807, 2.05) is 45.1 Å². The number of fused-ring (bicyclic) bond motifs is 2. The van der Waals surface area contributed by atoms with E-state index in [9.17, 15) is 14.7 Å². The molecule has 0 amide bonds. The third-order valence-electron chi connectivity index (χ3n) is 6.28. The zero-order valence-electron chi connectivity index (χ0n) is 18.5. The highest BCUT2D eigenvalue weighted by Gasteiger charge is 2.33. The van der Waals surface area contributed by atoms with E-state index >= 15 is 0 Å². The van der Waals surface area contributed by atoms with Gasteiger partial charge < -0.3 is 24.2 Å². The third-order valence-corrected chi connectivity index (χ3v) is 6.28. The number of carboxylic acid groups (broad SMARTS) is 1. The molecule has 2 heterocycles. The van der Waals surface area contributed by atoms with E-state index < -0.39 is 5.97 Å². The third kappa shape index (κ3) is 3.50. The molecular formula is C23H28N4O4. The molecule has 8 heteroatoms. The zero-order valence-corrected chi connectivity index (χ0v) is 18.5. The minimum Gasteiger partial charge on any atom is -0.480 e. The molecular weight excluding hydrogens is 396 g/mol. The van der Waals surface area contributed by atoms with Crippen LogP contribution in [0.25, 0.3) is 21.9 Å². The van der Waals surface area contributed by atoms with E-state index in [1.165, 1.54) is 0 Å². The van der Waals surface area contributed by atoms with Crippen LogP contribution in [0.2, 0.25) is 0 Å².